The second-order valence-corrected chi connectivity index (χ2v) is 8.31. The minimum atomic E-state index is -0.177. The molecule has 2 saturated heterocycles. The molecule has 3 rings (SSSR count). The van der Waals surface area contributed by atoms with Crippen LogP contribution in [0.4, 0.5) is 0 Å². The summed E-state index contributed by atoms with van der Waals surface area (Å²) in [4.78, 5) is 19.2. The van der Waals surface area contributed by atoms with Gasteiger partial charge in [0.1, 0.15) is 6.10 Å². The lowest BCUT2D eigenvalue weighted by Gasteiger charge is -2.32. The minimum Gasteiger partial charge on any atom is -0.368 e. The van der Waals surface area contributed by atoms with E-state index >= 15 is 0 Å². The van der Waals surface area contributed by atoms with Crippen LogP contribution in [0.15, 0.2) is 5.38 Å². The van der Waals surface area contributed by atoms with Gasteiger partial charge in [-0.15, -0.1) is 11.3 Å². The Hall–Kier alpha value is -0.940. The van der Waals surface area contributed by atoms with Crippen molar-refractivity contribution in [3.8, 4) is 0 Å². The van der Waals surface area contributed by atoms with E-state index in [-0.39, 0.29) is 17.4 Å². The first kappa shape index (κ1) is 15.9. The second kappa shape index (κ2) is 6.28. The summed E-state index contributed by atoms with van der Waals surface area (Å²) in [5.41, 5.74) is 1.30. The van der Waals surface area contributed by atoms with E-state index in [4.69, 9.17) is 9.72 Å². The maximum absolute atomic E-state index is 12.4. The van der Waals surface area contributed by atoms with Gasteiger partial charge in [0.2, 0.25) is 0 Å². The largest absolute Gasteiger partial charge is 0.368 e. The first-order valence-electron chi connectivity index (χ1n) is 8.31. The second-order valence-electron chi connectivity index (χ2n) is 7.42. The molecule has 2 fully saturated rings. The maximum atomic E-state index is 12.4. The first-order valence-corrected chi connectivity index (χ1v) is 9.19. The fourth-order valence-corrected chi connectivity index (χ4v) is 4.36. The molecule has 5 heteroatoms. The quantitative estimate of drug-likeness (QED) is 0.839. The molecule has 0 radical (unpaired) electrons. The molecule has 1 atom stereocenters. The van der Waals surface area contributed by atoms with Crippen LogP contribution in [-0.4, -0.2) is 41.6 Å². The number of ether oxygens (including phenoxy) is 1. The molecule has 0 spiro atoms. The van der Waals surface area contributed by atoms with Gasteiger partial charge >= 0.3 is 0 Å². The van der Waals surface area contributed by atoms with Crippen LogP contribution in [-0.2, 0) is 14.9 Å². The third-order valence-corrected chi connectivity index (χ3v) is 5.66. The Bertz CT molecular complexity index is 521. The topological polar surface area (TPSA) is 42.4 Å². The van der Waals surface area contributed by atoms with E-state index in [1.807, 2.05) is 4.90 Å². The molecule has 1 unspecified atom stereocenters. The Morgan fingerprint density at radius 1 is 1.32 bits per heavy atom. The van der Waals surface area contributed by atoms with Crippen LogP contribution in [0.2, 0.25) is 0 Å². The van der Waals surface area contributed by atoms with Gasteiger partial charge in [0.25, 0.3) is 5.91 Å². The fraction of sp³-hybridized carbons (Fsp3) is 0.765. The summed E-state index contributed by atoms with van der Waals surface area (Å²) < 4.78 is 5.52. The Morgan fingerprint density at radius 2 is 2.05 bits per heavy atom. The van der Waals surface area contributed by atoms with Crippen LogP contribution < -0.4 is 0 Å². The molecular weight excluding hydrogens is 296 g/mol. The highest BCUT2D eigenvalue weighted by molar-refractivity contribution is 7.09. The van der Waals surface area contributed by atoms with Crippen LogP contribution in [0, 0.1) is 0 Å². The smallest absolute Gasteiger partial charge is 0.251 e. The van der Waals surface area contributed by atoms with Crippen molar-refractivity contribution in [2.24, 2.45) is 0 Å². The third-order valence-electron chi connectivity index (χ3n) is 4.65. The number of hydrogen-bond acceptors (Lipinski definition) is 4. The van der Waals surface area contributed by atoms with Crippen molar-refractivity contribution >= 4 is 17.2 Å². The van der Waals surface area contributed by atoms with Gasteiger partial charge in [-0.3, -0.25) is 4.79 Å². The zero-order valence-electron chi connectivity index (χ0n) is 13.8. The monoisotopic (exact) mass is 322 g/mol. The maximum Gasteiger partial charge on any atom is 0.251 e. The van der Waals surface area contributed by atoms with Gasteiger partial charge in [-0.05, 0) is 25.7 Å². The number of aromatic nitrogens is 1. The van der Waals surface area contributed by atoms with Gasteiger partial charge in [-0.2, -0.15) is 0 Å². The number of thiazole rings is 1. The summed E-state index contributed by atoms with van der Waals surface area (Å²) in [5.74, 6) is 0.708. The molecule has 0 bridgehead atoms. The molecular formula is C17H26N2O2S. The highest BCUT2D eigenvalue weighted by Gasteiger charge is 2.32. The summed E-state index contributed by atoms with van der Waals surface area (Å²) in [7, 11) is 0. The molecule has 1 amide bonds. The van der Waals surface area contributed by atoms with Crippen molar-refractivity contribution < 1.29 is 9.53 Å². The minimum absolute atomic E-state index is 0.116. The van der Waals surface area contributed by atoms with Crippen LogP contribution in [0.3, 0.4) is 0 Å². The van der Waals surface area contributed by atoms with Crippen LogP contribution in [0.5, 0.6) is 0 Å². The van der Waals surface area contributed by atoms with E-state index in [0.29, 0.717) is 5.92 Å². The molecule has 0 saturated carbocycles. The highest BCUT2D eigenvalue weighted by Crippen LogP contribution is 2.33. The van der Waals surface area contributed by atoms with Crippen molar-refractivity contribution in [3.05, 3.63) is 16.1 Å². The highest BCUT2D eigenvalue weighted by atomic mass is 32.1. The van der Waals surface area contributed by atoms with E-state index in [1.54, 1.807) is 11.3 Å². The van der Waals surface area contributed by atoms with Crippen LogP contribution >= 0.6 is 11.3 Å². The summed E-state index contributed by atoms with van der Waals surface area (Å²) >= 11 is 1.78. The van der Waals surface area contributed by atoms with Gasteiger partial charge in [0.15, 0.2) is 0 Å². The standard InChI is InChI=1S/C17H26N2O2S/c1-17(2,3)14-11-22-15(18-14)12-6-8-19(9-7-12)16(20)13-5-4-10-21-13/h11-13H,4-10H2,1-3H3. The van der Waals surface area contributed by atoms with Gasteiger partial charge < -0.3 is 9.64 Å². The Labute approximate surface area is 136 Å². The summed E-state index contributed by atoms with van der Waals surface area (Å²) in [6.07, 6.45) is 3.77. The Kier molecular flexibility index (Phi) is 4.55. The molecule has 3 heterocycles. The molecule has 0 aliphatic carbocycles. The summed E-state index contributed by atoms with van der Waals surface area (Å²) in [6, 6.07) is 0. The number of likely N-dealkylation sites (tertiary alicyclic amines) is 1. The number of rotatable bonds is 2. The van der Waals surface area contributed by atoms with Gasteiger partial charge in [-0.25, -0.2) is 4.98 Å². The third kappa shape index (κ3) is 3.35. The number of amides is 1. The Morgan fingerprint density at radius 3 is 2.59 bits per heavy atom. The molecule has 2 aliphatic rings. The number of hydrogen-bond donors (Lipinski definition) is 0. The predicted molar refractivity (Wildman–Crippen MR) is 88.3 cm³/mol. The zero-order valence-corrected chi connectivity index (χ0v) is 14.6. The lowest BCUT2D eigenvalue weighted by Crippen LogP contribution is -2.43. The molecule has 4 nitrogen and oxygen atoms in total. The van der Waals surface area contributed by atoms with E-state index < -0.39 is 0 Å². The Balaban J connectivity index is 1.57. The SMILES string of the molecule is CC(C)(C)c1csc(C2CCN(C(=O)C3CCCO3)CC2)n1. The van der Waals surface area contributed by atoms with Crippen molar-refractivity contribution in [3.63, 3.8) is 0 Å². The molecule has 1 aromatic heterocycles. The van der Waals surface area contributed by atoms with E-state index in [0.717, 1.165) is 45.4 Å². The molecule has 2 aliphatic heterocycles. The normalized spacial score (nSPS) is 24.0. The molecule has 22 heavy (non-hydrogen) atoms. The molecule has 122 valence electrons. The lowest BCUT2D eigenvalue weighted by molar-refractivity contribution is -0.142. The van der Waals surface area contributed by atoms with Gasteiger partial charge in [0, 0.05) is 36.4 Å². The van der Waals surface area contributed by atoms with Crippen molar-refractivity contribution in [1.29, 1.82) is 0 Å². The van der Waals surface area contributed by atoms with Crippen LogP contribution in [0.25, 0.3) is 0 Å². The molecule has 0 aromatic carbocycles. The van der Waals surface area contributed by atoms with Crippen molar-refractivity contribution in [2.75, 3.05) is 19.7 Å². The van der Waals surface area contributed by atoms with Crippen LogP contribution in [0.1, 0.15) is 63.1 Å². The van der Waals surface area contributed by atoms with Gasteiger partial charge in [-0.1, -0.05) is 20.8 Å². The average Bonchev–Trinajstić information content (AvgIpc) is 3.17. The molecule has 0 N–H and O–H groups in total. The van der Waals surface area contributed by atoms with E-state index in [1.165, 1.54) is 10.7 Å². The average molecular weight is 322 g/mol. The van der Waals surface area contributed by atoms with Crippen molar-refractivity contribution in [2.45, 2.75) is 63.9 Å². The number of nitrogens with zero attached hydrogens (tertiary/aromatic N) is 2. The summed E-state index contributed by atoms with van der Waals surface area (Å²) in [5, 5.41) is 3.44. The lowest BCUT2D eigenvalue weighted by atomic mass is 9.93. The number of carbonyl (C=O) groups is 1. The van der Waals surface area contributed by atoms with Gasteiger partial charge in [0.05, 0.1) is 10.7 Å². The zero-order chi connectivity index (χ0) is 15.7. The number of piperidine rings is 1. The first-order chi connectivity index (χ1) is 10.4. The molecule has 1 aromatic rings. The van der Waals surface area contributed by atoms with E-state index in [2.05, 4.69) is 26.2 Å². The predicted octanol–water partition coefficient (Wildman–Crippen LogP) is 3.33. The van der Waals surface area contributed by atoms with Crippen molar-refractivity contribution in [1.82, 2.24) is 9.88 Å². The number of carbonyl (C=O) groups excluding carboxylic acids is 1. The fourth-order valence-electron chi connectivity index (χ4n) is 3.14. The van der Waals surface area contributed by atoms with E-state index in [9.17, 15) is 4.79 Å². The summed E-state index contributed by atoms with van der Waals surface area (Å²) in [6.45, 7) is 9.03.